The third kappa shape index (κ3) is 2.85. The van der Waals surface area contributed by atoms with Gasteiger partial charge < -0.3 is 5.11 Å². The van der Waals surface area contributed by atoms with Crippen molar-refractivity contribution in [2.45, 2.75) is 18.7 Å². The Bertz CT molecular complexity index is 412. The standard InChI is InChI=1S/C9H7ClF3NO2/c10-3-4-1-6(11)14-5(2-7(15)16)8(4)9(12)13/h1,9H,2-3H2,(H,15,16). The third-order valence-corrected chi connectivity index (χ3v) is 2.16. The molecule has 1 rings (SSSR count). The maximum absolute atomic E-state index is 12.9. The molecule has 0 aliphatic heterocycles. The molecule has 0 radical (unpaired) electrons. The van der Waals surface area contributed by atoms with Gasteiger partial charge in [0.15, 0.2) is 0 Å². The molecule has 1 N–H and O–H groups in total. The second-order valence-electron chi connectivity index (χ2n) is 2.97. The molecule has 0 unspecified atom stereocenters. The Morgan fingerprint density at radius 3 is 2.62 bits per heavy atom. The number of carboxylic acids is 1. The minimum atomic E-state index is -2.93. The highest BCUT2D eigenvalue weighted by Crippen LogP contribution is 2.27. The van der Waals surface area contributed by atoms with Gasteiger partial charge in [-0.15, -0.1) is 11.6 Å². The van der Waals surface area contributed by atoms with E-state index < -0.39 is 36.0 Å². The van der Waals surface area contributed by atoms with Crippen LogP contribution in [0.25, 0.3) is 0 Å². The highest BCUT2D eigenvalue weighted by atomic mass is 35.5. The minimum Gasteiger partial charge on any atom is -0.481 e. The lowest BCUT2D eigenvalue weighted by Gasteiger charge is -2.10. The van der Waals surface area contributed by atoms with E-state index in [1.54, 1.807) is 0 Å². The first-order chi connectivity index (χ1) is 7.45. The van der Waals surface area contributed by atoms with E-state index in [-0.39, 0.29) is 11.4 Å². The van der Waals surface area contributed by atoms with Crippen molar-refractivity contribution in [3.05, 3.63) is 28.8 Å². The fraction of sp³-hybridized carbons (Fsp3) is 0.333. The van der Waals surface area contributed by atoms with Crippen LogP contribution < -0.4 is 0 Å². The van der Waals surface area contributed by atoms with E-state index >= 15 is 0 Å². The molecule has 88 valence electrons. The Morgan fingerprint density at radius 2 is 2.19 bits per heavy atom. The van der Waals surface area contributed by atoms with Gasteiger partial charge in [0, 0.05) is 11.4 Å². The Balaban J connectivity index is 3.32. The molecule has 0 bridgehead atoms. The highest BCUT2D eigenvalue weighted by Gasteiger charge is 2.21. The number of aliphatic carboxylic acids is 1. The molecule has 0 aliphatic carbocycles. The van der Waals surface area contributed by atoms with Gasteiger partial charge in [-0.1, -0.05) is 0 Å². The van der Waals surface area contributed by atoms with Gasteiger partial charge >= 0.3 is 5.97 Å². The van der Waals surface area contributed by atoms with E-state index in [4.69, 9.17) is 16.7 Å². The zero-order valence-corrected chi connectivity index (χ0v) is 8.64. The number of hydrogen-bond acceptors (Lipinski definition) is 2. The SMILES string of the molecule is O=C(O)Cc1nc(F)cc(CCl)c1C(F)F. The van der Waals surface area contributed by atoms with Crippen LogP contribution in [0.2, 0.25) is 0 Å². The molecule has 1 heterocycles. The van der Waals surface area contributed by atoms with Crippen LogP contribution in [0.5, 0.6) is 0 Å². The lowest BCUT2D eigenvalue weighted by Crippen LogP contribution is -2.10. The van der Waals surface area contributed by atoms with Gasteiger partial charge in [-0.25, -0.2) is 13.8 Å². The van der Waals surface area contributed by atoms with Gasteiger partial charge in [-0.05, 0) is 11.6 Å². The van der Waals surface area contributed by atoms with Crippen molar-refractivity contribution < 1.29 is 23.1 Å². The van der Waals surface area contributed by atoms with E-state index in [9.17, 15) is 18.0 Å². The zero-order valence-electron chi connectivity index (χ0n) is 7.88. The molecule has 0 saturated heterocycles. The zero-order chi connectivity index (χ0) is 12.3. The number of rotatable bonds is 4. The van der Waals surface area contributed by atoms with Gasteiger partial charge in [0.25, 0.3) is 6.43 Å². The molecular weight excluding hydrogens is 247 g/mol. The molecule has 0 aromatic carbocycles. The van der Waals surface area contributed by atoms with E-state index in [1.165, 1.54) is 0 Å². The first-order valence-electron chi connectivity index (χ1n) is 4.19. The Labute approximate surface area is 93.9 Å². The van der Waals surface area contributed by atoms with E-state index in [2.05, 4.69) is 4.98 Å². The fourth-order valence-corrected chi connectivity index (χ4v) is 1.50. The summed E-state index contributed by atoms with van der Waals surface area (Å²) in [4.78, 5) is 13.6. The predicted molar refractivity (Wildman–Crippen MR) is 50.0 cm³/mol. The molecule has 0 amide bonds. The highest BCUT2D eigenvalue weighted by molar-refractivity contribution is 6.17. The lowest BCUT2D eigenvalue weighted by molar-refractivity contribution is -0.136. The normalized spacial score (nSPS) is 10.8. The fourth-order valence-electron chi connectivity index (χ4n) is 1.28. The molecule has 1 aromatic heterocycles. The van der Waals surface area contributed by atoms with Crippen molar-refractivity contribution in [1.29, 1.82) is 0 Å². The number of hydrogen-bond donors (Lipinski definition) is 1. The molecule has 0 saturated carbocycles. The smallest absolute Gasteiger partial charge is 0.309 e. The summed E-state index contributed by atoms with van der Waals surface area (Å²) >= 11 is 5.38. The van der Waals surface area contributed by atoms with Crippen LogP contribution in [-0.2, 0) is 17.1 Å². The third-order valence-electron chi connectivity index (χ3n) is 1.87. The first kappa shape index (κ1) is 12.8. The van der Waals surface area contributed by atoms with Crippen molar-refractivity contribution in [2.24, 2.45) is 0 Å². The molecule has 0 aliphatic rings. The summed E-state index contributed by atoms with van der Waals surface area (Å²) in [6.07, 6.45) is -3.70. The Kier molecular flexibility index (Phi) is 4.12. The number of alkyl halides is 3. The van der Waals surface area contributed by atoms with Crippen LogP contribution in [0.4, 0.5) is 13.2 Å². The molecule has 0 atom stereocenters. The van der Waals surface area contributed by atoms with Crippen molar-refractivity contribution >= 4 is 17.6 Å². The summed E-state index contributed by atoms with van der Waals surface area (Å²) in [5, 5.41) is 8.49. The summed E-state index contributed by atoms with van der Waals surface area (Å²) in [5.74, 6) is -2.71. The van der Waals surface area contributed by atoms with Gasteiger partial charge in [-0.2, -0.15) is 4.39 Å². The Morgan fingerprint density at radius 1 is 1.56 bits per heavy atom. The second-order valence-corrected chi connectivity index (χ2v) is 3.24. The number of halogens is 4. The van der Waals surface area contributed by atoms with Gasteiger partial charge in [0.1, 0.15) is 0 Å². The summed E-state index contributed by atoms with van der Waals surface area (Å²) in [7, 11) is 0. The number of pyridine rings is 1. The maximum Gasteiger partial charge on any atom is 0.309 e. The van der Waals surface area contributed by atoms with E-state index in [0.717, 1.165) is 6.07 Å². The summed E-state index contributed by atoms with van der Waals surface area (Å²) in [6, 6.07) is 0.778. The lowest BCUT2D eigenvalue weighted by atomic mass is 10.1. The van der Waals surface area contributed by atoms with Crippen LogP contribution in [0.3, 0.4) is 0 Å². The number of carboxylic acid groups (broad SMARTS) is 1. The maximum atomic E-state index is 12.9. The second kappa shape index (κ2) is 5.16. The Hall–Kier alpha value is -1.30. The number of nitrogens with zero attached hydrogens (tertiary/aromatic N) is 1. The summed E-state index contributed by atoms with van der Waals surface area (Å²) in [5.41, 5.74) is -1.22. The van der Waals surface area contributed by atoms with Crippen LogP contribution >= 0.6 is 11.6 Å². The molecule has 0 fully saturated rings. The molecular formula is C9H7ClF3NO2. The molecule has 16 heavy (non-hydrogen) atoms. The first-order valence-corrected chi connectivity index (χ1v) is 4.73. The number of aromatic nitrogens is 1. The van der Waals surface area contributed by atoms with Gasteiger partial charge in [0.2, 0.25) is 5.95 Å². The van der Waals surface area contributed by atoms with Crippen molar-refractivity contribution in [1.82, 2.24) is 4.98 Å². The van der Waals surface area contributed by atoms with Crippen LogP contribution in [-0.4, -0.2) is 16.1 Å². The van der Waals surface area contributed by atoms with Crippen molar-refractivity contribution in [2.75, 3.05) is 0 Å². The topological polar surface area (TPSA) is 50.2 Å². The average Bonchev–Trinajstić information content (AvgIpc) is 2.14. The van der Waals surface area contributed by atoms with Crippen LogP contribution in [0.15, 0.2) is 6.07 Å². The van der Waals surface area contributed by atoms with E-state index in [1.807, 2.05) is 0 Å². The predicted octanol–water partition coefficient (Wildman–Crippen LogP) is 2.52. The monoisotopic (exact) mass is 253 g/mol. The van der Waals surface area contributed by atoms with Gasteiger partial charge in [0.05, 0.1) is 12.1 Å². The van der Waals surface area contributed by atoms with E-state index in [0.29, 0.717) is 0 Å². The largest absolute Gasteiger partial charge is 0.481 e. The quantitative estimate of drug-likeness (QED) is 0.663. The molecule has 3 nitrogen and oxygen atoms in total. The van der Waals surface area contributed by atoms with Crippen molar-refractivity contribution in [3.63, 3.8) is 0 Å². The molecule has 0 spiro atoms. The number of carbonyl (C=O) groups is 1. The minimum absolute atomic E-state index is 0.139. The summed E-state index contributed by atoms with van der Waals surface area (Å²) < 4.78 is 38.2. The van der Waals surface area contributed by atoms with Crippen molar-refractivity contribution in [3.8, 4) is 0 Å². The average molecular weight is 254 g/mol. The van der Waals surface area contributed by atoms with Crippen LogP contribution in [0.1, 0.15) is 23.2 Å². The molecule has 1 aromatic rings. The van der Waals surface area contributed by atoms with Gasteiger partial charge in [-0.3, -0.25) is 4.79 Å². The molecule has 7 heteroatoms. The van der Waals surface area contributed by atoms with Crippen LogP contribution in [0, 0.1) is 5.95 Å². The summed E-state index contributed by atoms with van der Waals surface area (Å²) in [6.45, 7) is 0.